The van der Waals surface area contributed by atoms with Crippen LogP contribution in [0.5, 0.6) is 0 Å². The lowest BCUT2D eigenvalue weighted by Crippen LogP contribution is -2.09. The Hall–Kier alpha value is -0.780. The third-order valence-electron chi connectivity index (χ3n) is 2.18. The number of hydrogen-bond donors (Lipinski definition) is 0. The van der Waals surface area contributed by atoms with Gasteiger partial charge >= 0.3 is 0 Å². The van der Waals surface area contributed by atoms with Crippen LogP contribution < -0.4 is 0 Å². The highest BCUT2D eigenvalue weighted by Gasteiger charge is 2.23. The van der Waals surface area contributed by atoms with Crippen molar-refractivity contribution < 1.29 is 13.2 Å². The van der Waals surface area contributed by atoms with Crippen molar-refractivity contribution in [2.75, 3.05) is 5.75 Å². The molecule has 17 heavy (non-hydrogen) atoms. The monoisotopic (exact) mass is 288 g/mol. The summed E-state index contributed by atoms with van der Waals surface area (Å²) in [5.74, 6) is 0.825. The molecule has 0 saturated heterocycles. The third-order valence-corrected chi connectivity index (χ3v) is 4.39. The predicted molar refractivity (Wildman–Crippen MR) is 69.0 cm³/mol. The van der Waals surface area contributed by atoms with Crippen molar-refractivity contribution in [2.24, 2.45) is 5.92 Å². The summed E-state index contributed by atoms with van der Waals surface area (Å²) in [5.41, 5.74) is 0. The zero-order valence-corrected chi connectivity index (χ0v) is 11.1. The number of benzene rings is 1. The molecule has 0 fully saturated rings. The molecule has 1 aliphatic heterocycles. The zero-order valence-electron chi connectivity index (χ0n) is 8.67. The summed E-state index contributed by atoms with van der Waals surface area (Å²) >= 11 is 5.61. The molecule has 0 spiro atoms. The number of carbonyl (C=O) groups excluding carboxylic acids is 1. The molecule has 0 aliphatic carbocycles. The Bertz CT molecular complexity index is 470. The van der Waals surface area contributed by atoms with Gasteiger partial charge in [-0.2, -0.15) is 0 Å². The quantitative estimate of drug-likeness (QED) is 0.799. The number of hydrogen-bond acceptors (Lipinski definition) is 4. The average molecular weight is 289 g/mol. The van der Waals surface area contributed by atoms with Crippen molar-refractivity contribution in [1.29, 1.82) is 0 Å². The van der Waals surface area contributed by atoms with Crippen LogP contribution in [0.3, 0.4) is 0 Å². The van der Waals surface area contributed by atoms with E-state index in [2.05, 4.69) is 0 Å². The van der Waals surface area contributed by atoms with E-state index in [9.17, 15) is 9.00 Å². The van der Waals surface area contributed by atoms with Crippen molar-refractivity contribution in [3.63, 3.8) is 0 Å². The van der Waals surface area contributed by atoms with E-state index < -0.39 is 11.1 Å². The fourth-order valence-corrected chi connectivity index (χ4v) is 3.19. The molecular formula is C11H9ClO3S2. The van der Waals surface area contributed by atoms with Gasteiger partial charge in [0.1, 0.15) is 12.0 Å². The maximum Gasteiger partial charge on any atom is 0.240 e. The van der Waals surface area contributed by atoms with Gasteiger partial charge in [-0.3, -0.25) is 0 Å². The van der Waals surface area contributed by atoms with Crippen LogP contribution in [0.4, 0.5) is 0 Å². The minimum absolute atomic E-state index is 0.295. The van der Waals surface area contributed by atoms with Crippen LogP contribution in [0.15, 0.2) is 40.3 Å². The Morgan fingerprint density at radius 1 is 1.41 bits per heavy atom. The molecule has 1 aromatic rings. The van der Waals surface area contributed by atoms with Crippen LogP contribution in [-0.4, -0.2) is 16.2 Å². The van der Waals surface area contributed by atoms with E-state index in [-0.39, 0.29) is 5.92 Å². The number of rotatable bonds is 4. The SMILES string of the molecule is O=CC1CSC=C1OS(=O)c1ccc(Cl)cc1. The van der Waals surface area contributed by atoms with Crippen molar-refractivity contribution in [3.8, 4) is 0 Å². The van der Waals surface area contributed by atoms with E-state index in [1.807, 2.05) is 0 Å². The molecule has 0 bridgehead atoms. The highest BCUT2D eigenvalue weighted by molar-refractivity contribution is 8.02. The summed E-state index contributed by atoms with van der Waals surface area (Å²) in [7, 11) is 0. The molecule has 1 aromatic carbocycles. The number of allylic oxidation sites excluding steroid dienone is 1. The second kappa shape index (κ2) is 5.71. The van der Waals surface area contributed by atoms with Gasteiger partial charge in [0.15, 0.2) is 0 Å². The van der Waals surface area contributed by atoms with Crippen LogP contribution in [0.1, 0.15) is 0 Å². The Morgan fingerprint density at radius 3 is 2.76 bits per heavy atom. The molecule has 0 radical (unpaired) electrons. The molecule has 2 rings (SSSR count). The average Bonchev–Trinajstić information content (AvgIpc) is 2.77. The zero-order chi connectivity index (χ0) is 12.3. The maximum atomic E-state index is 11.9. The van der Waals surface area contributed by atoms with Gasteiger partial charge in [0.25, 0.3) is 0 Å². The van der Waals surface area contributed by atoms with Gasteiger partial charge in [-0.1, -0.05) is 11.6 Å². The number of halogens is 1. The second-order valence-electron chi connectivity index (χ2n) is 3.37. The molecule has 2 atom stereocenters. The minimum Gasteiger partial charge on any atom is -0.400 e. The van der Waals surface area contributed by atoms with E-state index in [0.717, 1.165) is 6.29 Å². The first-order valence-electron chi connectivity index (χ1n) is 4.83. The van der Waals surface area contributed by atoms with Crippen molar-refractivity contribution >= 4 is 40.7 Å². The Kier molecular flexibility index (Phi) is 4.25. The topological polar surface area (TPSA) is 43.4 Å². The first kappa shape index (κ1) is 12.7. The van der Waals surface area contributed by atoms with Gasteiger partial charge in [-0.15, -0.1) is 11.8 Å². The molecule has 6 heteroatoms. The third kappa shape index (κ3) is 3.12. The van der Waals surface area contributed by atoms with Crippen molar-refractivity contribution in [1.82, 2.24) is 0 Å². The molecular weight excluding hydrogens is 280 g/mol. The van der Waals surface area contributed by atoms with E-state index >= 15 is 0 Å². The van der Waals surface area contributed by atoms with E-state index in [1.165, 1.54) is 11.8 Å². The van der Waals surface area contributed by atoms with Gasteiger partial charge in [-0.05, 0) is 24.3 Å². The van der Waals surface area contributed by atoms with Crippen LogP contribution in [0.2, 0.25) is 5.02 Å². The number of aldehydes is 1. The summed E-state index contributed by atoms with van der Waals surface area (Å²) in [6, 6.07) is 6.56. The summed E-state index contributed by atoms with van der Waals surface area (Å²) in [4.78, 5) is 11.3. The molecule has 0 saturated carbocycles. The molecule has 0 amide bonds. The molecule has 1 heterocycles. The molecule has 3 nitrogen and oxygen atoms in total. The van der Waals surface area contributed by atoms with E-state index in [1.54, 1.807) is 29.7 Å². The van der Waals surface area contributed by atoms with Gasteiger partial charge in [0.2, 0.25) is 11.1 Å². The number of carbonyl (C=O) groups is 1. The lowest BCUT2D eigenvalue weighted by Gasteiger charge is -2.08. The molecule has 90 valence electrons. The Morgan fingerprint density at radius 2 is 2.12 bits per heavy atom. The van der Waals surface area contributed by atoms with Gasteiger partial charge in [0, 0.05) is 16.2 Å². The first-order valence-corrected chi connectivity index (χ1v) is 7.33. The second-order valence-corrected chi connectivity index (χ2v) is 5.81. The van der Waals surface area contributed by atoms with Crippen LogP contribution in [-0.2, 0) is 20.1 Å². The first-order chi connectivity index (χ1) is 8.20. The van der Waals surface area contributed by atoms with Crippen LogP contribution >= 0.6 is 23.4 Å². The molecule has 0 aromatic heterocycles. The van der Waals surface area contributed by atoms with Gasteiger partial charge in [-0.25, -0.2) is 4.21 Å². The predicted octanol–water partition coefficient (Wildman–Crippen LogP) is 2.78. The smallest absolute Gasteiger partial charge is 0.240 e. The maximum absolute atomic E-state index is 11.9. The van der Waals surface area contributed by atoms with Crippen molar-refractivity contribution in [2.45, 2.75) is 4.90 Å². The van der Waals surface area contributed by atoms with E-state index in [0.29, 0.717) is 21.4 Å². The summed E-state index contributed by atoms with van der Waals surface area (Å²) in [6.07, 6.45) is 0.810. The van der Waals surface area contributed by atoms with Crippen molar-refractivity contribution in [3.05, 3.63) is 40.5 Å². The molecule has 2 unspecified atom stereocenters. The molecule has 1 aliphatic rings. The number of thioether (sulfide) groups is 1. The Labute approximate surface area is 111 Å². The lowest BCUT2D eigenvalue weighted by atomic mass is 10.2. The standard InChI is InChI=1S/C11H9ClO3S2/c12-9-1-3-10(4-2-9)17(14)15-11-7-16-6-8(11)5-13/h1-5,7-8H,6H2. The van der Waals surface area contributed by atoms with Crippen LogP contribution in [0, 0.1) is 5.92 Å². The largest absolute Gasteiger partial charge is 0.400 e. The summed E-state index contributed by atoms with van der Waals surface area (Å²) < 4.78 is 17.1. The lowest BCUT2D eigenvalue weighted by molar-refractivity contribution is -0.110. The normalized spacial score (nSPS) is 20.8. The van der Waals surface area contributed by atoms with Crippen LogP contribution in [0.25, 0.3) is 0 Å². The highest BCUT2D eigenvalue weighted by atomic mass is 35.5. The summed E-state index contributed by atoms with van der Waals surface area (Å²) in [5, 5.41) is 2.31. The Balaban J connectivity index is 2.07. The van der Waals surface area contributed by atoms with Gasteiger partial charge in [0.05, 0.1) is 10.8 Å². The van der Waals surface area contributed by atoms with Gasteiger partial charge < -0.3 is 8.98 Å². The minimum atomic E-state index is -1.60. The highest BCUT2D eigenvalue weighted by Crippen LogP contribution is 2.29. The fourth-order valence-electron chi connectivity index (χ4n) is 1.27. The fraction of sp³-hybridized carbons (Fsp3) is 0.182. The molecule has 0 N–H and O–H groups in total. The summed E-state index contributed by atoms with van der Waals surface area (Å²) in [6.45, 7) is 0. The van der Waals surface area contributed by atoms with E-state index in [4.69, 9.17) is 15.8 Å².